The molecule has 7 nitrogen and oxygen atoms in total. The second kappa shape index (κ2) is 9.12. The number of nitrogens with zero attached hydrogens (tertiary/aromatic N) is 3. The first-order chi connectivity index (χ1) is 15.1. The van der Waals surface area contributed by atoms with E-state index in [1.54, 1.807) is 38.5 Å². The van der Waals surface area contributed by atoms with E-state index in [1.807, 2.05) is 39.6 Å². The molecule has 0 fully saturated rings. The molecule has 0 aliphatic carbocycles. The van der Waals surface area contributed by atoms with Crippen LogP contribution in [0.15, 0.2) is 58.9 Å². The predicted molar refractivity (Wildman–Crippen MR) is 122 cm³/mol. The van der Waals surface area contributed by atoms with E-state index >= 15 is 0 Å². The zero-order valence-electron chi connectivity index (χ0n) is 16.8. The van der Waals surface area contributed by atoms with Gasteiger partial charge in [0.2, 0.25) is 5.91 Å². The molecular formula is C22H18N4O3S2. The molecule has 2 heterocycles. The highest BCUT2D eigenvalue weighted by atomic mass is 32.2. The Labute approximate surface area is 187 Å². The molecule has 1 N–H and O–H groups in total. The maximum absolute atomic E-state index is 12.6. The number of rotatable bonds is 7. The van der Waals surface area contributed by atoms with Crippen LogP contribution >= 0.6 is 23.1 Å². The number of benzene rings is 2. The van der Waals surface area contributed by atoms with Crippen LogP contribution in [0.4, 0.5) is 5.69 Å². The van der Waals surface area contributed by atoms with E-state index < -0.39 is 0 Å². The summed E-state index contributed by atoms with van der Waals surface area (Å²) >= 11 is 2.56. The normalized spacial score (nSPS) is 10.6. The molecule has 2 aromatic heterocycles. The smallest absolute Gasteiger partial charge is 0.230 e. The maximum Gasteiger partial charge on any atom is 0.230 e. The van der Waals surface area contributed by atoms with Gasteiger partial charge in [0.15, 0.2) is 4.96 Å². The number of aromatic nitrogens is 2. The number of thioether (sulfide) groups is 1. The van der Waals surface area contributed by atoms with Gasteiger partial charge in [-0.05, 0) is 54.2 Å². The van der Waals surface area contributed by atoms with Gasteiger partial charge in [-0.1, -0.05) is 0 Å². The highest BCUT2D eigenvalue weighted by Gasteiger charge is 2.16. The van der Waals surface area contributed by atoms with Crippen molar-refractivity contribution >= 4 is 39.7 Å². The van der Waals surface area contributed by atoms with Crippen molar-refractivity contribution in [2.45, 2.75) is 11.3 Å². The number of methoxy groups -OCH3 is 2. The molecule has 1 amide bonds. The summed E-state index contributed by atoms with van der Waals surface area (Å²) in [6.45, 7) is 0. The highest BCUT2D eigenvalue weighted by Crippen LogP contribution is 2.34. The Morgan fingerprint density at radius 1 is 1.23 bits per heavy atom. The number of amides is 1. The van der Waals surface area contributed by atoms with Crippen LogP contribution in [0.5, 0.6) is 11.5 Å². The van der Waals surface area contributed by atoms with Crippen molar-refractivity contribution < 1.29 is 14.3 Å². The molecule has 31 heavy (non-hydrogen) atoms. The summed E-state index contributed by atoms with van der Waals surface area (Å²) in [6.07, 6.45) is 2.11. The van der Waals surface area contributed by atoms with Crippen LogP contribution in [0, 0.1) is 10.7 Å². The lowest BCUT2D eigenvalue weighted by Crippen LogP contribution is -2.15. The lowest BCUT2D eigenvalue weighted by Gasteiger charge is -2.08. The van der Waals surface area contributed by atoms with Gasteiger partial charge in [-0.3, -0.25) is 9.20 Å². The molecule has 2 aromatic carbocycles. The third kappa shape index (κ3) is 4.50. The number of hydrogen-bond acceptors (Lipinski definition) is 7. The topological polar surface area (TPSA) is 88.6 Å². The molecule has 156 valence electrons. The average molecular weight is 451 g/mol. The summed E-state index contributed by atoms with van der Waals surface area (Å²) in [7, 11) is 3.23. The minimum absolute atomic E-state index is 0.130. The van der Waals surface area contributed by atoms with Crippen LogP contribution in [-0.2, 0) is 11.2 Å². The van der Waals surface area contributed by atoms with Gasteiger partial charge >= 0.3 is 0 Å². The molecular weight excluding hydrogens is 432 g/mol. The number of carbonyl (C=O) groups is 1. The molecule has 0 aliphatic heterocycles. The first-order valence-electron chi connectivity index (χ1n) is 9.25. The van der Waals surface area contributed by atoms with E-state index in [4.69, 9.17) is 19.7 Å². The zero-order valence-corrected chi connectivity index (χ0v) is 18.4. The van der Waals surface area contributed by atoms with E-state index in [2.05, 4.69) is 5.32 Å². The van der Waals surface area contributed by atoms with Crippen LogP contribution in [0.25, 0.3) is 16.2 Å². The Morgan fingerprint density at radius 2 is 2.03 bits per heavy atom. The van der Waals surface area contributed by atoms with Gasteiger partial charge in [-0.2, -0.15) is 5.26 Å². The second-order valence-electron chi connectivity index (χ2n) is 6.51. The Kier molecular flexibility index (Phi) is 6.11. The Bertz CT molecular complexity index is 1270. The number of thiazole rings is 1. The molecule has 0 bridgehead atoms. The fourth-order valence-electron chi connectivity index (χ4n) is 3.13. The molecule has 0 saturated heterocycles. The highest BCUT2D eigenvalue weighted by molar-refractivity contribution is 8.03. The second-order valence-corrected chi connectivity index (χ2v) is 8.21. The summed E-state index contributed by atoms with van der Waals surface area (Å²) in [5.41, 5.74) is 3.10. The van der Waals surface area contributed by atoms with E-state index in [1.165, 1.54) is 11.3 Å². The van der Waals surface area contributed by atoms with Gasteiger partial charge in [0.05, 0.1) is 26.3 Å². The Balaban J connectivity index is 1.54. The summed E-state index contributed by atoms with van der Waals surface area (Å²) in [5.74, 6) is 1.28. The fourth-order valence-corrected chi connectivity index (χ4v) is 4.38. The third-order valence-electron chi connectivity index (χ3n) is 4.61. The van der Waals surface area contributed by atoms with Crippen molar-refractivity contribution in [3.63, 3.8) is 0 Å². The molecule has 4 rings (SSSR count). The monoisotopic (exact) mass is 450 g/mol. The van der Waals surface area contributed by atoms with E-state index in [9.17, 15) is 4.79 Å². The van der Waals surface area contributed by atoms with E-state index in [-0.39, 0.29) is 12.3 Å². The van der Waals surface area contributed by atoms with E-state index in [0.717, 1.165) is 38.6 Å². The molecule has 0 unspecified atom stereocenters. The van der Waals surface area contributed by atoms with Crippen molar-refractivity contribution in [2.75, 3.05) is 19.5 Å². The van der Waals surface area contributed by atoms with Crippen LogP contribution < -0.4 is 14.8 Å². The quantitative estimate of drug-likeness (QED) is 0.320. The zero-order chi connectivity index (χ0) is 21.8. The van der Waals surface area contributed by atoms with Crippen molar-refractivity contribution in [2.24, 2.45) is 0 Å². The SMILES string of the molecule is COc1ccc(OC)c(-c2cn3c(CC(=O)Nc4ccc(SC#N)cc4)csc3n2)c1. The predicted octanol–water partition coefficient (Wildman–Crippen LogP) is 4.83. The van der Waals surface area contributed by atoms with Crippen LogP contribution in [0.3, 0.4) is 0 Å². The average Bonchev–Trinajstić information content (AvgIpc) is 3.36. The number of nitriles is 1. The molecule has 9 heteroatoms. The lowest BCUT2D eigenvalue weighted by atomic mass is 10.1. The van der Waals surface area contributed by atoms with Gasteiger partial charge in [0, 0.05) is 33.4 Å². The number of fused-ring (bicyclic) bond motifs is 1. The van der Waals surface area contributed by atoms with Gasteiger partial charge < -0.3 is 14.8 Å². The molecule has 0 atom stereocenters. The van der Waals surface area contributed by atoms with Crippen LogP contribution in [0.2, 0.25) is 0 Å². The van der Waals surface area contributed by atoms with Gasteiger partial charge in [0.1, 0.15) is 16.9 Å². The first kappa shape index (κ1) is 20.8. The summed E-state index contributed by atoms with van der Waals surface area (Å²) < 4.78 is 12.7. The molecule has 0 spiro atoms. The number of hydrogen-bond donors (Lipinski definition) is 1. The molecule has 4 aromatic rings. The van der Waals surface area contributed by atoms with Crippen molar-refractivity contribution in [1.82, 2.24) is 9.38 Å². The summed E-state index contributed by atoms with van der Waals surface area (Å²) in [6, 6.07) is 12.7. The minimum atomic E-state index is -0.130. The number of imidazole rings is 1. The van der Waals surface area contributed by atoms with Crippen LogP contribution in [0.1, 0.15) is 5.69 Å². The molecule has 0 aliphatic rings. The third-order valence-corrected chi connectivity index (χ3v) is 6.10. The summed E-state index contributed by atoms with van der Waals surface area (Å²) in [4.78, 5) is 18.9. The number of thiocyanates is 1. The number of nitrogens with one attached hydrogen (secondary N) is 1. The Morgan fingerprint density at radius 3 is 2.74 bits per heavy atom. The minimum Gasteiger partial charge on any atom is -0.497 e. The Hall–Kier alpha value is -3.48. The summed E-state index contributed by atoms with van der Waals surface area (Å²) in [5, 5.41) is 15.6. The first-order valence-corrected chi connectivity index (χ1v) is 10.9. The fraction of sp³-hybridized carbons (Fsp3) is 0.136. The lowest BCUT2D eigenvalue weighted by molar-refractivity contribution is -0.115. The largest absolute Gasteiger partial charge is 0.497 e. The van der Waals surface area contributed by atoms with Crippen molar-refractivity contribution in [1.29, 1.82) is 5.26 Å². The number of anilines is 1. The van der Waals surface area contributed by atoms with Gasteiger partial charge in [0.25, 0.3) is 0 Å². The molecule has 0 radical (unpaired) electrons. The maximum atomic E-state index is 12.6. The number of ether oxygens (including phenoxy) is 2. The van der Waals surface area contributed by atoms with Crippen molar-refractivity contribution in [3.05, 3.63) is 59.7 Å². The van der Waals surface area contributed by atoms with Crippen LogP contribution in [-0.4, -0.2) is 29.5 Å². The van der Waals surface area contributed by atoms with Gasteiger partial charge in [-0.25, -0.2) is 4.98 Å². The van der Waals surface area contributed by atoms with Gasteiger partial charge in [-0.15, -0.1) is 11.3 Å². The van der Waals surface area contributed by atoms with Crippen molar-refractivity contribution in [3.8, 4) is 28.2 Å². The number of carbonyl (C=O) groups excluding carboxylic acids is 1. The molecule has 0 saturated carbocycles. The standard InChI is InChI=1S/C22H18N4O3S2/c1-28-16-5-8-20(29-2)18(10-16)19-11-26-15(12-30-22(26)25-19)9-21(27)24-14-3-6-17(7-4-14)31-13-23/h3-8,10-12H,9H2,1-2H3,(H,24,27). The van der Waals surface area contributed by atoms with E-state index in [0.29, 0.717) is 17.2 Å².